The molecule has 0 amide bonds. The molecule has 2 atom stereocenters. The number of rotatable bonds is 14. The largest absolute Gasteiger partial charge is 0.313 e. The fourth-order valence-corrected chi connectivity index (χ4v) is 4.02. The second-order valence-corrected chi connectivity index (χ2v) is 8.54. The van der Waals surface area contributed by atoms with E-state index in [1.165, 1.54) is 54.4 Å². The molecule has 0 aromatic heterocycles. The van der Waals surface area contributed by atoms with Crippen molar-refractivity contribution in [1.82, 2.24) is 5.32 Å². The fourth-order valence-electron chi connectivity index (χ4n) is 4.02. The van der Waals surface area contributed by atoms with E-state index < -0.39 is 0 Å². The summed E-state index contributed by atoms with van der Waals surface area (Å²) in [6, 6.07) is 8.83. The maximum atomic E-state index is 4.62. The number of hydrogen-bond acceptors (Lipinski definition) is 1. The highest BCUT2D eigenvalue weighted by atomic mass is 14.8. The van der Waals surface area contributed by atoms with Crippen LogP contribution >= 0.6 is 0 Å². The third-order valence-corrected chi connectivity index (χ3v) is 6.11. The van der Waals surface area contributed by atoms with Crippen LogP contribution in [0, 0.1) is 11.3 Å². The molecule has 1 N–H and O–H groups in total. The zero-order valence-electron chi connectivity index (χ0n) is 18.7. The first-order valence-corrected chi connectivity index (χ1v) is 11.0. The first-order chi connectivity index (χ1) is 12.9. The summed E-state index contributed by atoms with van der Waals surface area (Å²) in [5.41, 5.74) is 5.44. The van der Waals surface area contributed by atoms with Crippen molar-refractivity contribution in [3.63, 3.8) is 0 Å². The van der Waals surface area contributed by atoms with Crippen molar-refractivity contribution in [3.05, 3.63) is 54.1 Å². The van der Waals surface area contributed by atoms with E-state index in [0.717, 1.165) is 31.8 Å². The highest BCUT2D eigenvalue weighted by molar-refractivity contribution is 5.70. The predicted octanol–water partition coefficient (Wildman–Crippen LogP) is 7.43. The Morgan fingerprint density at radius 1 is 1.07 bits per heavy atom. The predicted molar refractivity (Wildman–Crippen MR) is 123 cm³/mol. The van der Waals surface area contributed by atoms with Gasteiger partial charge in [-0.1, -0.05) is 90.0 Å². The molecular weight excluding hydrogens is 326 g/mol. The van der Waals surface area contributed by atoms with Crippen molar-refractivity contribution in [2.45, 2.75) is 79.6 Å². The van der Waals surface area contributed by atoms with E-state index in [1.807, 2.05) is 0 Å². The summed E-state index contributed by atoms with van der Waals surface area (Å²) in [5, 5.41) is 3.56. The van der Waals surface area contributed by atoms with Crippen LogP contribution in [0.5, 0.6) is 0 Å². The van der Waals surface area contributed by atoms with Gasteiger partial charge in [-0.2, -0.15) is 0 Å². The fraction of sp³-hybridized carbons (Fsp3) is 0.615. The van der Waals surface area contributed by atoms with Crippen LogP contribution in [0.15, 0.2) is 43.0 Å². The van der Waals surface area contributed by atoms with Gasteiger partial charge in [-0.25, -0.2) is 0 Å². The first kappa shape index (κ1) is 23.7. The minimum atomic E-state index is 0.133. The van der Waals surface area contributed by atoms with E-state index in [9.17, 15) is 0 Å². The van der Waals surface area contributed by atoms with Crippen molar-refractivity contribution in [2.75, 3.05) is 13.1 Å². The Hall–Kier alpha value is -1.34. The summed E-state index contributed by atoms with van der Waals surface area (Å²) in [7, 11) is 0. The summed E-state index contributed by atoms with van der Waals surface area (Å²) in [6.45, 7) is 22.0. The lowest BCUT2D eigenvalue weighted by atomic mass is 9.71. The maximum absolute atomic E-state index is 4.62. The Kier molecular flexibility index (Phi) is 10.7. The number of hydrogen-bond donors (Lipinski definition) is 1. The Balaban J connectivity index is 2.96. The van der Waals surface area contributed by atoms with Crippen LogP contribution in [0.2, 0.25) is 0 Å². The minimum Gasteiger partial charge on any atom is -0.313 e. The second-order valence-electron chi connectivity index (χ2n) is 8.54. The summed E-state index contributed by atoms with van der Waals surface area (Å²) in [5.74, 6) is 0.840. The molecule has 1 heteroatoms. The molecule has 0 aliphatic heterocycles. The second kappa shape index (κ2) is 12.2. The van der Waals surface area contributed by atoms with Crippen LogP contribution in [0.25, 0.3) is 5.57 Å². The van der Waals surface area contributed by atoms with Gasteiger partial charge in [-0.05, 0) is 67.2 Å². The molecule has 0 spiro atoms. The lowest BCUT2D eigenvalue weighted by molar-refractivity contribution is 0.308. The van der Waals surface area contributed by atoms with Gasteiger partial charge < -0.3 is 5.32 Å². The van der Waals surface area contributed by atoms with Gasteiger partial charge in [0.25, 0.3) is 0 Å². The van der Waals surface area contributed by atoms with Crippen LogP contribution in [0.4, 0.5) is 0 Å². The molecule has 1 rings (SSSR count). The van der Waals surface area contributed by atoms with Crippen LogP contribution < -0.4 is 5.32 Å². The number of nitrogens with one attached hydrogen (secondary N) is 1. The molecule has 0 saturated heterocycles. The van der Waals surface area contributed by atoms with E-state index >= 15 is 0 Å². The average Bonchev–Trinajstić information content (AvgIpc) is 2.67. The lowest BCUT2D eigenvalue weighted by Crippen LogP contribution is -2.27. The van der Waals surface area contributed by atoms with Gasteiger partial charge in [0.2, 0.25) is 0 Å². The van der Waals surface area contributed by atoms with Crippen LogP contribution in [0.3, 0.4) is 0 Å². The quantitative estimate of drug-likeness (QED) is 0.265. The maximum Gasteiger partial charge on any atom is 0.0159 e. The zero-order chi connectivity index (χ0) is 20.3. The molecule has 152 valence electrons. The van der Waals surface area contributed by atoms with Gasteiger partial charge in [0.15, 0.2) is 0 Å². The summed E-state index contributed by atoms with van der Waals surface area (Å²) >= 11 is 0. The van der Waals surface area contributed by atoms with Gasteiger partial charge in [0.05, 0.1) is 0 Å². The van der Waals surface area contributed by atoms with Crippen LogP contribution in [-0.4, -0.2) is 13.1 Å². The van der Waals surface area contributed by atoms with Crippen molar-refractivity contribution in [1.29, 1.82) is 0 Å². The highest BCUT2D eigenvalue weighted by Gasteiger charge is 2.29. The minimum absolute atomic E-state index is 0.133. The summed E-state index contributed by atoms with van der Waals surface area (Å²) in [6.07, 6.45) is 8.63. The normalized spacial score (nSPS) is 14.6. The highest BCUT2D eigenvalue weighted by Crippen LogP contribution is 2.43. The molecule has 1 aromatic rings. The number of allylic oxidation sites excluding steroid dienone is 1. The number of benzene rings is 1. The third-order valence-electron chi connectivity index (χ3n) is 6.11. The van der Waals surface area contributed by atoms with Gasteiger partial charge in [-0.3, -0.25) is 0 Å². The van der Waals surface area contributed by atoms with E-state index in [0.29, 0.717) is 0 Å². The summed E-state index contributed by atoms with van der Waals surface area (Å²) < 4.78 is 0. The third kappa shape index (κ3) is 7.66. The molecule has 27 heavy (non-hydrogen) atoms. The van der Waals surface area contributed by atoms with Crippen molar-refractivity contribution >= 4 is 5.57 Å². The molecule has 0 aliphatic carbocycles. The Morgan fingerprint density at radius 3 is 2.37 bits per heavy atom. The lowest BCUT2D eigenvalue weighted by Gasteiger charge is -2.35. The monoisotopic (exact) mass is 369 g/mol. The molecule has 0 saturated carbocycles. The van der Waals surface area contributed by atoms with E-state index in [-0.39, 0.29) is 5.41 Å². The van der Waals surface area contributed by atoms with Crippen molar-refractivity contribution in [3.8, 4) is 0 Å². The first-order valence-electron chi connectivity index (χ1n) is 11.0. The van der Waals surface area contributed by atoms with Gasteiger partial charge in [0, 0.05) is 6.54 Å². The molecule has 0 aliphatic rings. The molecule has 1 nitrogen and oxygen atoms in total. The van der Waals surface area contributed by atoms with Crippen molar-refractivity contribution < 1.29 is 0 Å². The molecule has 1 aromatic carbocycles. The van der Waals surface area contributed by atoms with Gasteiger partial charge in [0.1, 0.15) is 0 Å². The molecule has 0 heterocycles. The van der Waals surface area contributed by atoms with E-state index in [4.69, 9.17) is 0 Å². The molecule has 0 fully saturated rings. The summed E-state index contributed by atoms with van der Waals surface area (Å²) in [4.78, 5) is 0. The SMILES string of the molecule is C=C(C)CNCCC(C)(CCC(CC)CCC)C(=C)c1ccccc1CC. The Bertz CT molecular complexity index is 586. The Morgan fingerprint density at radius 2 is 1.78 bits per heavy atom. The van der Waals surface area contributed by atoms with E-state index in [1.54, 1.807) is 0 Å². The van der Waals surface area contributed by atoms with Crippen molar-refractivity contribution in [2.24, 2.45) is 11.3 Å². The smallest absolute Gasteiger partial charge is 0.0159 e. The van der Waals surface area contributed by atoms with Crippen LogP contribution in [-0.2, 0) is 6.42 Å². The number of aryl methyl sites for hydroxylation is 1. The topological polar surface area (TPSA) is 12.0 Å². The van der Waals surface area contributed by atoms with Gasteiger partial charge >= 0.3 is 0 Å². The Labute approximate surface area is 169 Å². The molecular formula is C26H43N. The standard InChI is InChI=1S/C26H43N/c1-8-13-23(9-2)16-17-26(7,18-19-27-20-21(4)5)22(6)25-15-12-11-14-24(25)10-3/h11-12,14-15,23,27H,4,6,8-10,13,16-20H2,1-3,5,7H3. The molecule has 0 radical (unpaired) electrons. The van der Waals surface area contributed by atoms with E-state index in [2.05, 4.69) is 77.4 Å². The van der Waals surface area contributed by atoms with Gasteiger partial charge in [-0.15, -0.1) is 0 Å². The molecule has 0 bridgehead atoms. The molecule has 2 unspecified atom stereocenters. The van der Waals surface area contributed by atoms with Crippen LogP contribution in [0.1, 0.15) is 84.3 Å². The zero-order valence-corrected chi connectivity index (χ0v) is 18.7. The average molecular weight is 370 g/mol.